The van der Waals surface area contributed by atoms with Gasteiger partial charge in [-0.25, -0.2) is 4.98 Å². The molecule has 1 aromatic heterocycles. The van der Waals surface area contributed by atoms with Crippen LogP contribution in [0.2, 0.25) is 0 Å². The van der Waals surface area contributed by atoms with Gasteiger partial charge in [0.25, 0.3) is 0 Å². The normalized spacial score (nSPS) is 11.0. The molecule has 0 bridgehead atoms. The lowest BCUT2D eigenvalue weighted by atomic mass is 10.0. The van der Waals surface area contributed by atoms with Crippen LogP contribution >= 0.6 is 11.3 Å². The van der Waals surface area contributed by atoms with E-state index >= 15 is 0 Å². The van der Waals surface area contributed by atoms with Crippen LogP contribution in [-0.2, 0) is 0 Å². The molecule has 2 heteroatoms. The molecular weight excluding hydrogens is 286 g/mol. The fraction of sp³-hybridized carbons (Fsp3) is 0.0500. The van der Waals surface area contributed by atoms with Gasteiger partial charge in [-0.05, 0) is 41.3 Å². The van der Waals surface area contributed by atoms with Crippen molar-refractivity contribution in [2.45, 2.75) is 6.92 Å². The zero-order valence-corrected chi connectivity index (χ0v) is 13.1. The first-order valence-electron chi connectivity index (χ1n) is 7.33. The summed E-state index contributed by atoms with van der Waals surface area (Å²) in [6.07, 6.45) is 0. The molecule has 1 nitrogen and oxygen atoms in total. The largest absolute Gasteiger partial charge is 0.242 e. The SMILES string of the molecule is Cc1nc2ccc(-c3ccc(-c4ccccc4)cc3)cc2s1. The Morgan fingerprint density at radius 3 is 2.00 bits per heavy atom. The maximum Gasteiger partial charge on any atom is 0.0907 e. The smallest absolute Gasteiger partial charge is 0.0907 e. The van der Waals surface area contributed by atoms with Crippen molar-refractivity contribution in [3.63, 3.8) is 0 Å². The topological polar surface area (TPSA) is 12.9 Å². The fourth-order valence-corrected chi connectivity index (χ4v) is 3.57. The third kappa shape index (κ3) is 2.42. The molecule has 0 fully saturated rings. The minimum atomic E-state index is 1.09. The molecule has 1 heterocycles. The van der Waals surface area contributed by atoms with Gasteiger partial charge in [0, 0.05) is 0 Å². The molecule has 0 saturated carbocycles. The summed E-state index contributed by atoms with van der Waals surface area (Å²) in [6.45, 7) is 2.05. The summed E-state index contributed by atoms with van der Waals surface area (Å²) < 4.78 is 1.25. The minimum Gasteiger partial charge on any atom is -0.242 e. The molecule has 106 valence electrons. The third-order valence-corrected chi connectivity index (χ3v) is 4.75. The molecule has 0 N–H and O–H groups in total. The lowest BCUT2D eigenvalue weighted by Gasteiger charge is -2.05. The van der Waals surface area contributed by atoms with Crippen LogP contribution in [0.15, 0.2) is 72.8 Å². The molecule has 0 spiro atoms. The predicted octanol–water partition coefficient (Wildman–Crippen LogP) is 5.94. The van der Waals surface area contributed by atoms with Crippen LogP contribution in [0.25, 0.3) is 32.5 Å². The minimum absolute atomic E-state index is 1.09. The van der Waals surface area contributed by atoms with Crippen molar-refractivity contribution in [3.05, 3.63) is 77.8 Å². The van der Waals surface area contributed by atoms with Gasteiger partial charge in [-0.2, -0.15) is 0 Å². The van der Waals surface area contributed by atoms with Crippen LogP contribution < -0.4 is 0 Å². The zero-order valence-electron chi connectivity index (χ0n) is 12.3. The summed E-state index contributed by atoms with van der Waals surface area (Å²) in [6, 6.07) is 25.7. The average molecular weight is 301 g/mol. The Morgan fingerprint density at radius 1 is 0.682 bits per heavy atom. The highest BCUT2D eigenvalue weighted by atomic mass is 32.1. The maximum atomic E-state index is 4.52. The van der Waals surface area contributed by atoms with E-state index < -0.39 is 0 Å². The Kier molecular flexibility index (Phi) is 3.24. The molecule has 4 rings (SSSR count). The van der Waals surface area contributed by atoms with E-state index in [9.17, 15) is 0 Å². The first-order chi connectivity index (χ1) is 10.8. The first-order valence-corrected chi connectivity index (χ1v) is 8.14. The lowest BCUT2D eigenvalue weighted by Crippen LogP contribution is -1.80. The van der Waals surface area contributed by atoms with Gasteiger partial charge < -0.3 is 0 Å². The summed E-state index contributed by atoms with van der Waals surface area (Å²) in [7, 11) is 0. The number of thiazole rings is 1. The maximum absolute atomic E-state index is 4.52. The molecule has 4 aromatic rings. The Bertz CT molecular complexity index is 921. The predicted molar refractivity (Wildman–Crippen MR) is 95.2 cm³/mol. The molecular formula is C20H15NS. The Morgan fingerprint density at radius 2 is 1.27 bits per heavy atom. The van der Waals surface area contributed by atoms with Crippen LogP contribution in [0.3, 0.4) is 0 Å². The summed E-state index contributed by atoms with van der Waals surface area (Å²) in [5.41, 5.74) is 6.08. The van der Waals surface area contributed by atoms with E-state index in [2.05, 4.69) is 78.6 Å². The van der Waals surface area contributed by atoms with Crippen molar-refractivity contribution in [1.29, 1.82) is 0 Å². The van der Waals surface area contributed by atoms with Gasteiger partial charge in [0.1, 0.15) is 0 Å². The zero-order chi connectivity index (χ0) is 14.9. The molecule has 0 aliphatic carbocycles. The fourth-order valence-electron chi connectivity index (χ4n) is 2.71. The van der Waals surface area contributed by atoms with Crippen molar-refractivity contribution in [2.24, 2.45) is 0 Å². The van der Waals surface area contributed by atoms with Gasteiger partial charge in [-0.3, -0.25) is 0 Å². The Labute approximate surface area is 133 Å². The van der Waals surface area contributed by atoms with Gasteiger partial charge in [0.2, 0.25) is 0 Å². The van der Waals surface area contributed by atoms with Crippen LogP contribution in [0.5, 0.6) is 0 Å². The average Bonchev–Trinajstić information content (AvgIpc) is 2.95. The number of hydrogen-bond donors (Lipinski definition) is 0. The van der Waals surface area contributed by atoms with E-state index in [0.29, 0.717) is 0 Å². The number of rotatable bonds is 2. The van der Waals surface area contributed by atoms with Gasteiger partial charge in [-0.1, -0.05) is 60.7 Å². The monoisotopic (exact) mass is 301 g/mol. The molecule has 0 unspecified atom stereocenters. The molecule has 0 aliphatic heterocycles. The second kappa shape index (κ2) is 5.39. The van der Waals surface area contributed by atoms with Crippen molar-refractivity contribution in [1.82, 2.24) is 4.98 Å². The Hall–Kier alpha value is -2.45. The summed E-state index contributed by atoms with van der Waals surface area (Å²) in [4.78, 5) is 4.52. The quantitative estimate of drug-likeness (QED) is 0.446. The van der Waals surface area contributed by atoms with Crippen molar-refractivity contribution in [3.8, 4) is 22.3 Å². The van der Waals surface area contributed by atoms with Crippen molar-refractivity contribution < 1.29 is 0 Å². The third-order valence-electron chi connectivity index (χ3n) is 3.82. The van der Waals surface area contributed by atoms with Gasteiger partial charge in [-0.15, -0.1) is 11.3 Å². The van der Waals surface area contributed by atoms with Crippen LogP contribution in [0.1, 0.15) is 5.01 Å². The van der Waals surface area contributed by atoms with Crippen LogP contribution in [0, 0.1) is 6.92 Å². The van der Waals surface area contributed by atoms with E-state index in [4.69, 9.17) is 0 Å². The molecule has 0 saturated heterocycles. The first kappa shape index (κ1) is 13.2. The number of aromatic nitrogens is 1. The summed E-state index contributed by atoms with van der Waals surface area (Å²) in [5, 5.41) is 1.12. The van der Waals surface area contributed by atoms with E-state index in [1.54, 1.807) is 11.3 Å². The van der Waals surface area contributed by atoms with Crippen LogP contribution in [-0.4, -0.2) is 4.98 Å². The standard InChI is InChI=1S/C20H15NS/c1-14-21-19-12-11-18(13-20(19)22-14)17-9-7-16(8-10-17)15-5-3-2-4-6-15/h2-13H,1H3. The van der Waals surface area contributed by atoms with Crippen molar-refractivity contribution in [2.75, 3.05) is 0 Å². The molecule has 0 atom stereocenters. The van der Waals surface area contributed by atoms with E-state index in [0.717, 1.165) is 10.5 Å². The number of aryl methyl sites for hydroxylation is 1. The highest BCUT2D eigenvalue weighted by Gasteiger charge is 2.04. The summed E-state index contributed by atoms with van der Waals surface area (Å²) >= 11 is 1.75. The number of benzene rings is 3. The van der Waals surface area contributed by atoms with E-state index in [1.807, 2.05) is 6.07 Å². The summed E-state index contributed by atoms with van der Waals surface area (Å²) in [5.74, 6) is 0. The highest BCUT2D eigenvalue weighted by molar-refractivity contribution is 7.18. The second-order valence-electron chi connectivity index (χ2n) is 5.36. The van der Waals surface area contributed by atoms with Gasteiger partial charge >= 0.3 is 0 Å². The molecule has 0 aliphatic rings. The Balaban J connectivity index is 1.72. The van der Waals surface area contributed by atoms with E-state index in [1.165, 1.54) is 27.0 Å². The molecule has 0 radical (unpaired) electrons. The van der Waals surface area contributed by atoms with Gasteiger partial charge in [0.05, 0.1) is 15.2 Å². The molecule has 22 heavy (non-hydrogen) atoms. The number of hydrogen-bond acceptors (Lipinski definition) is 2. The second-order valence-corrected chi connectivity index (χ2v) is 6.59. The molecule has 3 aromatic carbocycles. The van der Waals surface area contributed by atoms with Crippen molar-refractivity contribution >= 4 is 21.6 Å². The highest BCUT2D eigenvalue weighted by Crippen LogP contribution is 2.29. The molecule has 0 amide bonds. The van der Waals surface area contributed by atoms with Gasteiger partial charge in [0.15, 0.2) is 0 Å². The van der Waals surface area contributed by atoms with Crippen LogP contribution in [0.4, 0.5) is 0 Å². The number of fused-ring (bicyclic) bond motifs is 1. The lowest BCUT2D eigenvalue weighted by molar-refractivity contribution is 1.35. The number of nitrogens with zero attached hydrogens (tertiary/aromatic N) is 1. The van der Waals surface area contributed by atoms with E-state index in [-0.39, 0.29) is 0 Å².